The SMILES string of the molecule is CC=CC[C@@H](C)[C@@H](O)[C@@H]1C(=O)N[C@H](C(C)C)C(=O)N(C)[C@H](CSC[C@H](N)C(=O)OC)C(=O)N(C)[C@@H](CC(C)C)C(=O)N[C@H](C(C)C)C(=O)N(C)C(CC(C)C)C(=O)N[C@H](C)C(=O)N[C@@H](C)C(=O)N(C)[C@H](CC(C)C)C(=O)N(C)[C@H](CC(C)C)C(=O)N(C)[C@H](C(C)C)C(=O)N1C. The summed E-state index contributed by atoms with van der Waals surface area (Å²) in [5.41, 5.74) is 6.16. The quantitative estimate of drug-likeness (QED) is 0.0753. The maximum Gasteiger partial charge on any atom is 0.323 e. The van der Waals surface area contributed by atoms with E-state index in [1.165, 1.54) is 94.8 Å². The predicted molar refractivity (Wildman–Crippen MR) is 369 cm³/mol. The highest BCUT2D eigenvalue weighted by Crippen LogP contribution is 2.27. The van der Waals surface area contributed by atoms with Gasteiger partial charge in [0.15, 0.2) is 0 Å². The van der Waals surface area contributed by atoms with E-state index in [2.05, 4.69) is 21.3 Å². The normalized spacial score (nSPS) is 26.5. The van der Waals surface area contributed by atoms with Crippen molar-refractivity contribution < 1.29 is 67.4 Å². The summed E-state index contributed by atoms with van der Waals surface area (Å²) in [6, 6.07) is -15.6. The number of carbonyl (C=O) groups excluding carboxylic acids is 12. The summed E-state index contributed by atoms with van der Waals surface area (Å²) < 4.78 is 4.85. The molecule has 544 valence electrons. The van der Waals surface area contributed by atoms with E-state index in [1.54, 1.807) is 67.5 Å². The Morgan fingerprint density at radius 3 is 1.25 bits per heavy atom. The molecule has 27 heteroatoms. The molecule has 1 unspecified atom stereocenters. The highest BCUT2D eigenvalue weighted by molar-refractivity contribution is 7.99. The van der Waals surface area contributed by atoms with Crippen molar-refractivity contribution in [1.82, 2.24) is 55.6 Å². The number of aliphatic hydroxyl groups excluding tert-OH is 1. The first kappa shape index (κ1) is 86.7. The van der Waals surface area contributed by atoms with Crippen molar-refractivity contribution >= 4 is 82.7 Å². The van der Waals surface area contributed by atoms with Crippen LogP contribution in [0.3, 0.4) is 0 Å². The molecular weight excluding hydrogens is 1240 g/mol. The number of methoxy groups -OCH3 is 1. The number of hydrogen-bond acceptors (Lipinski definition) is 16. The molecule has 0 aromatic carbocycles. The zero-order valence-corrected chi connectivity index (χ0v) is 62.9. The summed E-state index contributed by atoms with van der Waals surface area (Å²) in [7, 11) is 11.0. The van der Waals surface area contributed by atoms with Gasteiger partial charge in [-0.2, -0.15) is 11.8 Å². The van der Waals surface area contributed by atoms with E-state index in [0.29, 0.717) is 0 Å². The number of esters is 1. The van der Waals surface area contributed by atoms with Crippen molar-refractivity contribution in [2.24, 2.45) is 53.1 Å². The van der Waals surface area contributed by atoms with Crippen molar-refractivity contribution in [3.63, 3.8) is 0 Å². The fourth-order valence-electron chi connectivity index (χ4n) is 11.6. The van der Waals surface area contributed by atoms with Gasteiger partial charge in [-0.3, -0.25) is 57.5 Å². The molecule has 95 heavy (non-hydrogen) atoms. The monoisotopic (exact) mass is 1360 g/mol. The van der Waals surface area contributed by atoms with E-state index in [4.69, 9.17) is 10.5 Å². The Kier molecular flexibility index (Phi) is 36.3. The van der Waals surface area contributed by atoms with Crippen molar-refractivity contribution in [1.29, 1.82) is 0 Å². The number of nitrogens with one attached hydrogen (secondary N) is 4. The molecule has 11 amide bonds. The Morgan fingerprint density at radius 2 is 0.832 bits per heavy atom. The van der Waals surface area contributed by atoms with Crippen molar-refractivity contribution in [2.45, 2.75) is 235 Å². The highest BCUT2D eigenvalue weighted by atomic mass is 32.2. The third kappa shape index (κ3) is 24.6. The molecule has 0 bridgehead atoms. The molecule has 1 aliphatic heterocycles. The summed E-state index contributed by atoms with van der Waals surface area (Å²) in [5, 5.41) is 23.4. The molecule has 0 aromatic heterocycles. The highest BCUT2D eigenvalue weighted by Gasteiger charge is 2.47. The van der Waals surface area contributed by atoms with Crippen LogP contribution in [0.5, 0.6) is 0 Å². The van der Waals surface area contributed by atoms with E-state index in [9.17, 15) is 33.9 Å². The summed E-state index contributed by atoms with van der Waals surface area (Å²) in [6.45, 7) is 31.3. The van der Waals surface area contributed by atoms with Gasteiger partial charge in [0, 0.05) is 60.8 Å². The average molecular weight is 1360 g/mol. The number of rotatable bonds is 20. The smallest absolute Gasteiger partial charge is 0.323 e. The molecule has 0 aliphatic carbocycles. The summed E-state index contributed by atoms with van der Waals surface area (Å²) in [5.74, 6) is -12.3. The summed E-state index contributed by atoms with van der Waals surface area (Å²) in [6.07, 6.45) is 2.69. The van der Waals surface area contributed by atoms with Gasteiger partial charge in [-0.05, 0) is 100 Å². The number of nitrogens with two attached hydrogens (primary N) is 1. The topological polar surface area (TPSA) is 331 Å². The lowest BCUT2D eigenvalue weighted by atomic mass is 9.91. The van der Waals surface area contributed by atoms with Gasteiger partial charge in [0.25, 0.3) is 0 Å². The van der Waals surface area contributed by atoms with Crippen LogP contribution in [-0.4, -0.2) is 257 Å². The Hall–Kier alpha value is -6.35. The van der Waals surface area contributed by atoms with E-state index in [0.717, 1.165) is 21.6 Å². The molecule has 7 N–H and O–H groups in total. The lowest BCUT2D eigenvalue weighted by molar-refractivity contribution is -0.157. The van der Waals surface area contributed by atoms with Gasteiger partial charge in [-0.25, -0.2) is 0 Å². The number of thioether (sulfide) groups is 1. The molecule has 1 saturated heterocycles. The van der Waals surface area contributed by atoms with Crippen LogP contribution in [0.25, 0.3) is 0 Å². The number of amides is 11. The van der Waals surface area contributed by atoms with Gasteiger partial charge < -0.3 is 71.1 Å². The number of likely N-dealkylation sites (N-methyl/N-ethyl adjacent to an activating group) is 7. The van der Waals surface area contributed by atoms with E-state index < -0.39 is 173 Å². The van der Waals surface area contributed by atoms with Crippen molar-refractivity contribution in [2.75, 3.05) is 67.9 Å². The minimum absolute atomic E-state index is 0.0629. The number of nitrogens with zero attached hydrogens (tertiary/aromatic N) is 7. The minimum atomic E-state index is -1.70. The number of hydrogen-bond donors (Lipinski definition) is 6. The van der Waals surface area contributed by atoms with Crippen LogP contribution < -0.4 is 27.0 Å². The Bertz CT molecular complexity index is 2640. The molecule has 26 nitrogen and oxygen atoms in total. The zero-order valence-electron chi connectivity index (χ0n) is 62.1. The number of carbonyl (C=O) groups is 12. The van der Waals surface area contributed by atoms with Crippen LogP contribution in [0, 0.1) is 47.3 Å². The molecule has 1 fully saturated rings. The molecule has 1 heterocycles. The summed E-state index contributed by atoms with van der Waals surface area (Å²) in [4.78, 5) is 185. The Labute approximate surface area is 571 Å². The molecule has 1 aliphatic rings. The standard InChI is InChI=1S/C68H122N12O14S/c1-27-28-29-43(16)56(81)55-60(85)73-53(41(12)13)66(91)78(23)51(35-95-34-46(69)68(93)94-26)64(89)74(19)48(31-37(4)5)59(84)72-52(40(10)11)65(90)75(20)47(30-36(2)3)58(83)70-44(17)57(82)71-45(18)61(86)76(21)49(32-38(6)7)62(87)77(22)50(33-39(8)9)63(88)79(24)54(42(14)15)67(92)80(55)25/h27-28,36-56,81H,29-35,69H2,1-26H3,(H,70,83)(H,71,82)(H,72,84)(H,73,85)/t43-,44-,45+,46+,47?,48+,49-,50-,51-,52-,53-,54-,55-,56-/m1/s1. The van der Waals surface area contributed by atoms with E-state index >= 15 is 28.8 Å². The second kappa shape index (κ2) is 39.8. The zero-order chi connectivity index (χ0) is 73.7. The molecular formula is C68H122N12O14S. The van der Waals surface area contributed by atoms with Crippen LogP contribution in [0.4, 0.5) is 0 Å². The third-order valence-corrected chi connectivity index (χ3v) is 18.8. The summed E-state index contributed by atoms with van der Waals surface area (Å²) >= 11 is 1.05. The molecule has 0 radical (unpaired) electrons. The first-order valence-electron chi connectivity index (χ1n) is 33.6. The van der Waals surface area contributed by atoms with Crippen LogP contribution in [0.15, 0.2) is 12.2 Å². The van der Waals surface area contributed by atoms with Gasteiger partial charge in [0.1, 0.15) is 72.5 Å². The molecule has 14 atom stereocenters. The van der Waals surface area contributed by atoms with Crippen LogP contribution >= 0.6 is 11.8 Å². The maximum absolute atomic E-state index is 15.4. The average Bonchev–Trinajstić information content (AvgIpc) is 0.808. The predicted octanol–water partition coefficient (Wildman–Crippen LogP) is 3.12. The largest absolute Gasteiger partial charge is 0.468 e. The minimum Gasteiger partial charge on any atom is -0.468 e. The number of allylic oxidation sites excluding steroid dienone is 2. The molecule has 0 aromatic rings. The molecule has 0 saturated carbocycles. The Balaban J connectivity index is 4.62. The van der Waals surface area contributed by atoms with Gasteiger partial charge in [-0.1, -0.05) is 116 Å². The van der Waals surface area contributed by atoms with Gasteiger partial charge in [-0.15, -0.1) is 0 Å². The van der Waals surface area contributed by atoms with Gasteiger partial charge >= 0.3 is 5.97 Å². The first-order valence-corrected chi connectivity index (χ1v) is 34.8. The van der Waals surface area contributed by atoms with E-state index in [-0.39, 0.29) is 67.3 Å². The first-order chi connectivity index (χ1) is 43.9. The lowest BCUT2D eigenvalue weighted by Crippen LogP contribution is -2.64. The molecule has 1 rings (SSSR count). The fourth-order valence-corrected chi connectivity index (χ4v) is 12.8. The molecule has 0 spiro atoms. The number of aliphatic hydroxyl groups is 1. The third-order valence-electron chi connectivity index (χ3n) is 17.7. The second-order valence-corrected chi connectivity index (χ2v) is 29.8. The van der Waals surface area contributed by atoms with E-state index in [1.807, 2.05) is 55.4 Å². The van der Waals surface area contributed by atoms with Gasteiger partial charge in [0.2, 0.25) is 65.0 Å². The van der Waals surface area contributed by atoms with Crippen molar-refractivity contribution in [3.05, 3.63) is 12.2 Å². The van der Waals surface area contributed by atoms with Crippen LogP contribution in [-0.2, 0) is 62.3 Å². The van der Waals surface area contributed by atoms with Crippen LogP contribution in [0.1, 0.15) is 157 Å². The maximum atomic E-state index is 15.4. The Morgan fingerprint density at radius 1 is 0.474 bits per heavy atom. The van der Waals surface area contributed by atoms with Gasteiger partial charge in [0.05, 0.1) is 13.2 Å². The lowest BCUT2D eigenvalue weighted by Gasteiger charge is -2.42. The van der Waals surface area contributed by atoms with Crippen molar-refractivity contribution in [3.8, 4) is 0 Å². The van der Waals surface area contributed by atoms with Crippen LogP contribution in [0.2, 0.25) is 0 Å². The number of ether oxygens (including phenoxy) is 1. The fraction of sp³-hybridized carbons (Fsp3) is 0.794. The second-order valence-electron chi connectivity index (χ2n) is 28.7.